The number of amidine groups is 1. The summed E-state index contributed by atoms with van der Waals surface area (Å²) in [5.74, 6) is -0.123. The molecule has 2 heterocycles. The molecule has 0 saturated heterocycles. The number of guanidine groups is 1. The van der Waals surface area contributed by atoms with E-state index >= 15 is 0 Å². The Morgan fingerprint density at radius 2 is 1.90 bits per heavy atom. The standard InChI is InChI=1S/C19H24N6O3S/c1-12(2)19(20)24-17(15-9-6-10-16(22-15)28-3)23-18(25-19)21-13-7-5-8-14(11-13)29(4,26)27/h5-12H,20H2,1-4H3,(H2,21,23,24,25). The smallest absolute Gasteiger partial charge is 0.213 e. The molecule has 1 aromatic heterocycles. The van der Waals surface area contributed by atoms with Crippen LogP contribution in [0.5, 0.6) is 5.88 Å². The molecule has 10 heteroatoms. The molecule has 0 spiro atoms. The molecule has 1 unspecified atom stereocenters. The summed E-state index contributed by atoms with van der Waals surface area (Å²) in [6.07, 6.45) is 1.16. The molecule has 1 atom stereocenters. The number of hydrogen-bond donors (Lipinski definition) is 3. The third-order valence-electron chi connectivity index (χ3n) is 4.37. The summed E-state index contributed by atoms with van der Waals surface area (Å²) in [6.45, 7) is 3.83. The summed E-state index contributed by atoms with van der Waals surface area (Å²) in [4.78, 5) is 13.6. The molecule has 0 saturated carbocycles. The molecule has 0 aliphatic carbocycles. The van der Waals surface area contributed by atoms with E-state index in [1.807, 2.05) is 13.8 Å². The van der Waals surface area contributed by atoms with Crippen molar-refractivity contribution in [1.29, 1.82) is 0 Å². The number of aliphatic imine (C=N–C) groups is 2. The molecular weight excluding hydrogens is 392 g/mol. The number of nitrogens with one attached hydrogen (secondary N) is 2. The highest BCUT2D eigenvalue weighted by Crippen LogP contribution is 2.23. The van der Waals surface area contributed by atoms with E-state index < -0.39 is 15.6 Å². The van der Waals surface area contributed by atoms with Gasteiger partial charge in [-0.2, -0.15) is 0 Å². The number of pyridine rings is 1. The van der Waals surface area contributed by atoms with Crippen LogP contribution in [0.2, 0.25) is 0 Å². The SMILES string of the molecule is COc1cccc(C2=NC(N)(C(C)C)N=C(Nc3cccc(S(C)(=O)=O)c3)N2)n1. The molecule has 29 heavy (non-hydrogen) atoms. The molecule has 2 aromatic rings. The lowest BCUT2D eigenvalue weighted by Crippen LogP contribution is -2.52. The summed E-state index contributed by atoms with van der Waals surface area (Å²) in [7, 11) is -1.80. The van der Waals surface area contributed by atoms with Crippen LogP contribution in [0.3, 0.4) is 0 Å². The number of benzene rings is 1. The third-order valence-corrected chi connectivity index (χ3v) is 5.48. The monoisotopic (exact) mass is 416 g/mol. The Morgan fingerprint density at radius 1 is 1.17 bits per heavy atom. The van der Waals surface area contributed by atoms with Crippen LogP contribution in [-0.2, 0) is 9.84 Å². The zero-order chi connectivity index (χ0) is 21.2. The van der Waals surface area contributed by atoms with Crippen molar-refractivity contribution in [3.63, 3.8) is 0 Å². The van der Waals surface area contributed by atoms with E-state index in [1.165, 1.54) is 19.2 Å². The van der Waals surface area contributed by atoms with E-state index in [0.29, 0.717) is 29.1 Å². The minimum absolute atomic E-state index is 0.107. The molecule has 1 aromatic carbocycles. The first-order valence-corrected chi connectivity index (χ1v) is 10.8. The summed E-state index contributed by atoms with van der Waals surface area (Å²) >= 11 is 0. The van der Waals surface area contributed by atoms with Gasteiger partial charge in [-0.05, 0) is 24.3 Å². The van der Waals surface area contributed by atoms with Gasteiger partial charge in [-0.1, -0.05) is 26.0 Å². The maximum absolute atomic E-state index is 11.8. The number of anilines is 1. The van der Waals surface area contributed by atoms with Crippen LogP contribution in [0.25, 0.3) is 0 Å². The van der Waals surface area contributed by atoms with Crippen LogP contribution >= 0.6 is 0 Å². The quantitative estimate of drug-likeness (QED) is 0.674. The Labute approximate surface area is 170 Å². The first kappa shape index (κ1) is 20.7. The number of rotatable bonds is 5. The van der Waals surface area contributed by atoms with E-state index in [9.17, 15) is 8.42 Å². The Morgan fingerprint density at radius 3 is 2.55 bits per heavy atom. The number of methoxy groups -OCH3 is 1. The second-order valence-corrected chi connectivity index (χ2v) is 8.99. The summed E-state index contributed by atoms with van der Waals surface area (Å²) < 4.78 is 28.9. The summed E-state index contributed by atoms with van der Waals surface area (Å²) in [6, 6.07) is 11.8. The minimum atomic E-state index is -3.34. The normalized spacial score (nSPS) is 19.2. The van der Waals surface area contributed by atoms with Crippen LogP contribution in [-0.4, -0.2) is 44.3 Å². The van der Waals surface area contributed by atoms with Gasteiger partial charge in [0.15, 0.2) is 15.7 Å². The van der Waals surface area contributed by atoms with Gasteiger partial charge in [0.25, 0.3) is 0 Å². The zero-order valence-corrected chi connectivity index (χ0v) is 17.5. The molecule has 154 valence electrons. The number of nitrogens with two attached hydrogens (primary N) is 1. The Kier molecular flexibility index (Phi) is 5.58. The lowest BCUT2D eigenvalue weighted by atomic mass is 10.1. The largest absolute Gasteiger partial charge is 0.481 e. The van der Waals surface area contributed by atoms with Gasteiger partial charge in [-0.15, -0.1) is 0 Å². The van der Waals surface area contributed by atoms with Gasteiger partial charge in [0, 0.05) is 23.9 Å². The number of hydrogen-bond acceptors (Lipinski definition) is 9. The fourth-order valence-corrected chi connectivity index (χ4v) is 3.26. The molecule has 0 radical (unpaired) electrons. The van der Waals surface area contributed by atoms with Crippen molar-refractivity contribution in [3.05, 3.63) is 48.2 Å². The van der Waals surface area contributed by atoms with Crippen LogP contribution in [0.4, 0.5) is 5.69 Å². The van der Waals surface area contributed by atoms with Crippen molar-refractivity contribution in [1.82, 2.24) is 10.3 Å². The zero-order valence-electron chi connectivity index (χ0n) is 16.7. The molecule has 0 amide bonds. The average molecular weight is 417 g/mol. The highest BCUT2D eigenvalue weighted by atomic mass is 32.2. The minimum Gasteiger partial charge on any atom is -0.481 e. The number of nitrogens with zero attached hydrogens (tertiary/aromatic N) is 3. The molecule has 3 rings (SSSR count). The van der Waals surface area contributed by atoms with Crippen molar-refractivity contribution in [2.45, 2.75) is 24.5 Å². The van der Waals surface area contributed by atoms with Crippen molar-refractivity contribution in [3.8, 4) is 5.88 Å². The van der Waals surface area contributed by atoms with E-state index in [4.69, 9.17) is 10.5 Å². The van der Waals surface area contributed by atoms with Crippen molar-refractivity contribution in [2.24, 2.45) is 21.6 Å². The lowest BCUT2D eigenvalue weighted by Gasteiger charge is -2.31. The fraction of sp³-hybridized carbons (Fsp3) is 0.316. The first-order chi connectivity index (χ1) is 13.6. The van der Waals surface area contributed by atoms with Gasteiger partial charge < -0.3 is 15.4 Å². The number of sulfone groups is 1. The van der Waals surface area contributed by atoms with Crippen LogP contribution < -0.4 is 21.1 Å². The average Bonchev–Trinajstić information content (AvgIpc) is 2.67. The van der Waals surface area contributed by atoms with Crippen molar-refractivity contribution in [2.75, 3.05) is 18.7 Å². The molecule has 0 bridgehead atoms. The predicted molar refractivity (Wildman–Crippen MR) is 113 cm³/mol. The molecule has 1 aliphatic rings. The molecule has 4 N–H and O–H groups in total. The molecule has 0 fully saturated rings. The van der Waals surface area contributed by atoms with E-state index in [-0.39, 0.29) is 10.8 Å². The Bertz CT molecular complexity index is 1080. The first-order valence-electron chi connectivity index (χ1n) is 8.95. The van der Waals surface area contributed by atoms with Crippen molar-refractivity contribution < 1.29 is 13.2 Å². The molecule has 9 nitrogen and oxygen atoms in total. The second-order valence-electron chi connectivity index (χ2n) is 6.97. The Hall–Kier alpha value is -2.98. The maximum Gasteiger partial charge on any atom is 0.213 e. The number of ether oxygens (including phenoxy) is 1. The highest BCUT2D eigenvalue weighted by Gasteiger charge is 2.33. The van der Waals surface area contributed by atoms with Gasteiger partial charge in [0.2, 0.25) is 17.6 Å². The maximum atomic E-state index is 11.8. The number of aromatic nitrogens is 1. The van der Waals surface area contributed by atoms with Gasteiger partial charge in [0.1, 0.15) is 5.69 Å². The summed E-state index contributed by atoms with van der Waals surface area (Å²) in [5, 5.41) is 6.17. The topological polar surface area (TPSA) is 131 Å². The van der Waals surface area contributed by atoms with Gasteiger partial charge in [0.05, 0.1) is 12.0 Å². The van der Waals surface area contributed by atoms with Gasteiger partial charge >= 0.3 is 0 Å². The predicted octanol–water partition coefficient (Wildman–Crippen LogP) is 1.58. The second kappa shape index (κ2) is 7.80. The van der Waals surface area contributed by atoms with Crippen LogP contribution in [0.15, 0.2) is 57.3 Å². The van der Waals surface area contributed by atoms with Crippen molar-refractivity contribution >= 4 is 27.3 Å². The van der Waals surface area contributed by atoms with E-state index in [0.717, 1.165) is 6.26 Å². The van der Waals surface area contributed by atoms with Crippen LogP contribution in [0.1, 0.15) is 19.5 Å². The highest BCUT2D eigenvalue weighted by molar-refractivity contribution is 7.90. The van der Waals surface area contributed by atoms with E-state index in [1.54, 1.807) is 30.3 Å². The van der Waals surface area contributed by atoms with E-state index in [2.05, 4.69) is 25.6 Å². The Balaban J connectivity index is 1.96. The fourth-order valence-electron chi connectivity index (χ4n) is 2.59. The van der Waals surface area contributed by atoms with Crippen LogP contribution in [0, 0.1) is 5.92 Å². The molecule has 1 aliphatic heterocycles. The lowest BCUT2D eigenvalue weighted by molar-refractivity contribution is 0.334. The third kappa shape index (κ3) is 4.72. The summed E-state index contributed by atoms with van der Waals surface area (Å²) in [5.41, 5.74) is 7.52. The van der Waals surface area contributed by atoms with Gasteiger partial charge in [-0.3, -0.25) is 5.73 Å². The van der Waals surface area contributed by atoms with Gasteiger partial charge in [-0.25, -0.2) is 23.4 Å². The molecular formula is C19H24N6O3S.